The van der Waals surface area contributed by atoms with Gasteiger partial charge in [-0.05, 0) is 33.0 Å². The predicted molar refractivity (Wildman–Crippen MR) is 180 cm³/mol. The van der Waals surface area contributed by atoms with Crippen molar-refractivity contribution in [2.45, 2.75) is 121 Å². The molecule has 19 nitrogen and oxygen atoms in total. The van der Waals surface area contributed by atoms with Crippen molar-refractivity contribution in [3.8, 4) is 0 Å². The topological polar surface area (TPSA) is 287 Å². The maximum atomic E-state index is 13.3. The van der Waals surface area contributed by atoms with E-state index in [9.17, 15) is 49.5 Å². The highest BCUT2D eigenvalue weighted by Gasteiger charge is 2.62. The van der Waals surface area contributed by atoms with Crippen molar-refractivity contribution >= 4 is 52.8 Å². The summed E-state index contributed by atoms with van der Waals surface area (Å²) in [7, 11) is 1.26. The van der Waals surface area contributed by atoms with Crippen LogP contribution in [0.15, 0.2) is 28.1 Å². The molecule has 11 atom stereocenters. The van der Waals surface area contributed by atoms with Gasteiger partial charge in [-0.2, -0.15) is 4.99 Å². The first kappa shape index (κ1) is 43.4. The molecule has 6 N–H and O–H groups in total. The molecule has 0 radical (unpaired) electrons. The highest BCUT2D eigenvalue weighted by Crippen LogP contribution is 2.42. The first-order valence-electron chi connectivity index (χ1n) is 16.4. The van der Waals surface area contributed by atoms with Gasteiger partial charge in [0.15, 0.2) is 35.1 Å². The number of carboxylic acids is 1. The van der Waals surface area contributed by atoms with Crippen molar-refractivity contribution in [3.63, 3.8) is 0 Å². The van der Waals surface area contributed by atoms with Gasteiger partial charge in [0.25, 0.3) is 0 Å². The van der Waals surface area contributed by atoms with Gasteiger partial charge >= 0.3 is 23.9 Å². The van der Waals surface area contributed by atoms with Crippen LogP contribution >= 0.6 is 12.2 Å². The molecular weight excluding hydrogens is 728 g/mol. The molecule has 8 unspecified atom stereocenters. The Morgan fingerprint density at radius 3 is 2.34 bits per heavy atom. The number of Topliss-reactive ketones (excluding diaryl/α,β-unsaturated/α-hetero) is 1. The number of allylic oxidation sites excluding steroid dienone is 1. The number of nitrogens with zero attached hydrogens (tertiary/aromatic N) is 1. The van der Waals surface area contributed by atoms with Gasteiger partial charge in [-0.15, -0.1) is 0 Å². The summed E-state index contributed by atoms with van der Waals surface area (Å²) in [6.45, 7) is 7.77. The van der Waals surface area contributed by atoms with E-state index < -0.39 is 132 Å². The zero-order valence-electron chi connectivity index (χ0n) is 30.0. The van der Waals surface area contributed by atoms with Crippen LogP contribution in [0.2, 0.25) is 0 Å². The summed E-state index contributed by atoms with van der Waals surface area (Å²) >= 11 is 4.60. The lowest BCUT2D eigenvalue weighted by Gasteiger charge is -2.52. The normalized spacial score (nSPS) is 34.2. The molecule has 0 aromatic rings. The molecule has 3 rings (SSSR count). The van der Waals surface area contributed by atoms with Crippen LogP contribution in [0.1, 0.15) is 54.4 Å². The fourth-order valence-corrected chi connectivity index (χ4v) is 6.41. The number of carboxylic acid groups (broad SMARTS) is 1. The number of thiocarbonyl (C=S) groups is 1. The second kappa shape index (κ2) is 17.4. The average Bonchev–Trinajstić information content (AvgIpc) is 3.08. The minimum Gasteiger partial charge on any atom is -0.508 e. The third-order valence-electron chi connectivity index (χ3n) is 9.23. The Morgan fingerprint density at radius 2 is 1.81 bits per heavy atom. The van der Waals surface area contributed by atoms with Gasteiger partial charge in [0.1, 0.15) is 54.2 Å². The van der Waals surface area contributed by atoms with Crippen LogP contribution in [0.3, 0.4) is 0 Å². The van der Waals surface area contributed by atoms with Crippen molar-refractivity contribution in [1.29, 1.82) is 5.41 Å². The largest absolute Gasteiger partial charge is 0.508 e. The van der Waals surface area contributed by atoms with Crippen LogP contribution in [0, 0.1) is 11.3 Å². The van der Waals surface area contributed by atoms with Crippen LogP contribution in [-0.2, 0) is 57.1 Å². The molecule has 0 amide bonds. The molecule has 20 heteroatoms. The van der Waals surface area contributed by atoms with E-state index in [1.165, 1.54) is 34.0 Å². The Morgan fingerprint density at radius 1 is 1.17 bits per heavy atom. The van der Waals surface area contributed by atoms with E-state index in [0.717, 1.165) is 6.92 Å². The fraction of sp³-hybridized carbons (Fsp3) is 0.667. The molecule has 3 aliphatic rings. The summed E-state index contributed by atoms with van der Waals surface area (Å²) in [5, 5.41) is 66.0. The number of ketones is 1. The summed E-state index contributed by atoms with van der Waals surface area (Å²) in [5.74, 6) is -7.74. The number of rotatable bonds is 13. The third-order valence-corrected chi connectivity index (χ3v) is 9.32. The zero-order chi connectivity index (χ0) is 40.2. The van der Waals surface area contributed by atoms with E-state index in [1.807, 2.05) is 5.16 Å². The number of carbonyl (C=O) groups is 5. The number of esters is 3. The maximum absolute atomic E-state index is 13.3. The van der Waals surface area contributed by atoms with Gasteiger partial charge in [0, 0.05) is 20.5 Å². The molecule has 0 spiro atoms. The van der Waals surface area contributed by atoms with Crippen LogP contribution in [-0.4, -0.2) is 146 Å². The molecule has 1 aliphatic carbocycles. The van der Waals surface area contributed by atoms with Gasteiger partial charge in [-0.3, -0.25) is 19.8 Å². The first-order chi connectivity index (χ1) is 24.7. The molecule has 53 heavy (non-hydrogen) atoms. The number of aliphatic carboxylic acids is 1. The molecule has 2 heterocycles. The van der Waals surface area contributed by atoms with Gasteiger partial charge in [-0.25, -0.2) is 9.59 Å². The third kappa shape index (κ3) is 8.88. The predicted octanol–water partition coefficient (Wildman–Crippen LogP) is 0.0705. The monoisotopic (exact) mass is 772 g/mol. The highest BCUT2D eigenvalue weighted by atomic mass is 32.1. The number of aliphatic hydroxyl groups excluding tert-OH is 2. The Labute approximate surface area is 309 Å². The number of carbonyl (C=O) groups excluding carboxylic acids is 4. The minimum atomic E-state index is -3.03. The quantitative estimate of drug-likeness (QED) is 0.0475. The number of hydrogen-bond donors (Lipinski definition) is 6. The second-order valence-electron chi connectivity index (χ2n) is 13.0. The van der Waals surface area contributed by atoms with Gasteiger partial charge in [-0.1, -0.05) is 19.9 Å². The zero-order valence-corrected chi connectivity index (χ0v) is 30.8. The van der Waals surface area contributed by atoms with Crippen LogP contribution in [0.4, 0.5) is 0 Å². The van der Waals surface area contributed by atoms with E-state index in [0.29, 0.717) is 0 Å². The summed E-state index contributed by atoms with van der Waals surface area (Å²) in [4.78, 5) is 66.0. The molecule has 2 aliphatic heterocycles. The Bertz CT molecular complexity index is 1590. The van der Waals surface area contributed by atoms with Crippen molar-refractivity contribution in [2.75, 3.05) is 13.7 Å². The van der Waals surface area contributed by atoms with E-state index in [-0.39, 0.29) is 12.1 Å². The average molecular weight is 773 g/mol. The molecule has 294 valence electrons. The first-order valence-corrected chi connectivity index (χ1v) is 16.8. The van der Waals surface area contributed by atoms with Gasteiger partial charge in [0.2, 0.25) is 0 Å². The summed E-state index contributed by atoms with van der Waals surface area (Å²) < 4.78 is 39.9. The lowest BCUT2D eigenvalue weighted by atomic mass is 9.74. The van der Waals surface area contributed by atoms with E-state index in [4.69, 9.17) is 38.6 Å². The molecule has 2 saturated heterocycles. The maximum Gasteiger partial charge on any atom is 0.357 e. The van der Waals surface area contributed by atoms with Gasteiger partial charge in [0.05, 0.1) is 29.7 Å². The summed E-state index contributed by atoms with van der Waals surface area (Å²) in [6.07, 6.45) is -15.0. The summed E-state index contributed by atoms with van der Waals surface area (Å²) in [6, 6.07) is 0. The van der Waals surface area contributed by atoms with E-state index >= 15 is 0 Å². The van der Waals surface area contributed by atoms with E-state index in [2.05, 4.69) is 17.2 Å². The number of methoxy groups -OCH3 is 1. The molecule has 0 saturated carbocycles. The number of nitrogens with one attached hydrogen (secondary N) is 1. The van der Waals surface area contributed by atoms with E-state index in [1.54, 1.807) is 13.8 Å². The number of isothiocyanates is 1. The minimum absolute atomic E-state index is 0.325. The standard InChI is InChI=1S/C33H44N2O17S/c1-8-17(35-12-53)31(43)52-25-19(11-47-16(6)36)50-28(32(44)10-18(37)23(34)22(27(32)39)29(40)41)24(38)26(25)51-21-9-20(46-7)33(45,14(4)48-21)15(5)49-30(42)13(2)3/h8,13-15,19-21,24-26,28,34,38-39,44-45H,9-11H2,1-7H3,(H,40,41)/b17-8+,34-23?/t14?,15-,19?,20?,21?,24?,25?,26?,28-,32+,33?/m0/s1. The van der Waals surface area contributed by atoms with Gasteiger partial charge < -0.3 is 58.7 Å². The van der Waals surface area contributed by atoms with Crippen molar-refractivity contribution in [3.05, 3.63) is 23.1 Å². The fourth-order valence-electron chi connectivity index (χ4n) is 6.31. The summed E-state index contributed by atoms with van der Waals surface area (Å²) in [5.41, 5.74) is -7.74. The van der Waals surface area contributed by atoms with Crippen molar-refractivity contribution in [2.24, 2.45) is 10.9 Å². The Balaban J connectivity index is 2.15. The molecular formula is C33H44N2O17S. The lowest BCUT2D eigenvalue weighted by Crippen LogP contribution is -2.70. The van der Waals surface area contributed by atoms with Crippen LogP contribution < -0.4 is 0 Å². The van der Waals surface area contributed by atoms with Crippen LogP contribution in [0.25, 0.3) is 0 Å². The number of aliphatic imine (C=N–C) groups is 1. The Kier molecular flexibility index (Phi) is 14.3. The van der Waals surface area contributed by atoms with Crippen molar-refractivity contribution < 1.29 is 82.7 Å². The SMILES string of the molecule is C/C=C(/N=C=S)C(=O)OC1C(COC(C)=O)O[C@H]([C@@]2(O)CC(=O)C(=N)C(C(=O)O)=C2O)C(O)C1OC1CC(OC)C(O)([C@H](C)OC(=O)C(C)C)C(C)O1. The molecule has 2 fully saturated rings. The number of hydrogen-bond acceptors (Lipinski definition) is 19. The Hall–Kier alpha value is -3.98. The lowest BCUT2D eigenvalue weighted by molar-refractivity contribution is -0.345. The number of aliphatic hydroxyl groups is 4. The number of ether oxygens (including phenoxy) is 7. The molecule has 0 aromatic heterocycles. The smallest absolute Gasteiger partial charge is 0.357 e. The highest BCUT2D eigenvalue weighted by molar-refractivity contribution is 7.78. The van der Waals surface area contributed by atoms with Crippen LogP contribution in [0.5, 0.6) is 0 Å². The second-order valence-corrected chi connectivity index (χ2v) is 13.1. The van der Waals surface area contributed by atoms with Crippen molar-refractivity contribution in [1.82, 2.24) is 0 Å². The molecule has 0 bridgehead atoms. The molecule has 0 aromatic carbocycles.